The first-order valence-corrected chi connectivity index (χ1v) is 14.7. The second kappa shape index (κ2) is 12.6. The summed E-state index contributed by atoms with van der Waals surface area (Å²) in [6, 6.07) is 33.0. The van der Waals surface area contributed by atoms with Gasteiger partial charge >= 0.3 is 0 Å². The number of thioether (sulfide) groups is 1. The molecule has 190 valence electrons. The van der Waals surface area contributed by atoms with Gasteiger partial charge in [-0.2, -0.15) is 11.8 Å². The van der Waals surface area contributed by atoms with Crippen LogP contribution in [-0.4, -0.2) is 26.6 Å². The van der Waals surface area contributed by atoms with E-state index < -0.39 is 10.0 Å². The molecule has 0 aliphatic rings. The van der Waals surface area contributed by atoms with E-state index in [-0.39, 0.29) is 17.3 Å². The highest BCUT2D eigenvalue weighted by molar-refractivity contribution is 7.98. The van der Waals surface area contributed by atoms with Crippen LogP contribution in [0.4, 0.5) is 5.69 Å². The van der Waals surface area contributed by atoms with Crippen molar-refractivity contribution in [2.45, 2.75) is 24.1 Å². The summed E-state index contributed by atoms with van der Waals surface area (Å²) in [5, 5.41) is 2.96. The average molecular weight is 531 g/mol. The standard InChI is InChI=1S/C30H30N2O3S2/c1-24-16-18-26(19-17-24)23-36-21-20-31-30(33)28-14-8-9-15-29(28)32(22-25-10-4-2-5-11-25)37(34,35)27-12-6-3-7-13-27/h2-19H,20-23H2,1H3,(H,31,33). The third kappa shape index (κ3) is 7.02. The first kappa shape index (κ1) is 26.5. The summed E-state index contributed by atoms with van der Waals surface area (Å²) in [5.41, 5.74) is 3.97. The Kier molecular flexibility index (Phi) is 9.04. The Balaban J connectivity index is 1.52. The molecule has 37 heavy (non-hydrogen) atoms. The van der Waals surface area contributed by atoms with Crippen LogP contribution in [-0.2, 0) is 22.3 Å². The number of carbonyl (C=O) groups excluding carboxylic acids is 1. The van der Waals surface area contributed by atoms with Gasteiger partial charge in [-0.1, -0.05) is 90.5 Å². The molecule has 5 nitrogen and oxygen atoms in total. The van der Waals surface area contributed by atoms with Crippen LogP contribution in [0.15, 0.2) is 114 Å². The topological polar surface area (TPSA) is 66.5 Å². The Morgan fingerprint density at radius 1 is 0.784 bits per heavy atom. The molecule has 0 saturated heterocycles. The van der Waals surface area contributed by atoms with Gasteiger partial charge in [0.15, 0.2) is 0 Å². The van der Waals surface area contributed by atoms with E-state index in [0.29, 0.717) is 17.8 Å². The van der Waals surface area contributed by atoms with Crippen LogP contribution >= 0.6 is 11.8 Å². The van der Waals surface area contributed by atoms with Gasteiger partial charge in [-0.15, -0.1) is 0 Å². The second-order valence-electron chi connectivity index (χ2n) is 8.62. The van der Waals surface area contributed by atoms with E-state index in [0.717, 1.165) is 17.1 Å². The minimum Gasteiger partial charge on any atom is -0.351 e. The molecule has 1 amide bonds. The van der Waals surface area contributed by atoms with Gasteiger partial charge in [0.2, 0.25) is 0 Å². The number of nitrogens with zero attached hydrogens (tertiary/aromatic N) is 1. The number of anilines is 1. The summed E-state index contributed by atoms with van der Waals surface area (Å²) in [6.45, 7) is 2.65. The van der Waals surface area contributed by atoms with Crippen LogP contribution in [0.25, 0.3) is 0 Å². The Bertz CT molecular complexity index is 1410. The van der Waals surface area contributed by atoms with E-state index in [2.05, 4.69) is 36.5 Å². The van der Waals surface area contributed by atoms with Crippen molar-refractivity contribution in [3.8, 4) is 0 Å². The summed E-state index contributed by atoms with van der Waals surface area (Å²) in [5.74, 6) is 1.32. The molecule has 0 aliphatic carbocycles. The normalized spacial score (nSPS) is 11.2. The number of hydrogen-bond donors (Lipinski definition) is 1. The van der Waals surface area contributed by atoms with Crippen LogP contribution in [0.2, 0.25) is 0 Å². The number of sulfonamides is 1. The maximum Gasteiger partial charge on any atom is 0.264 e. The summed E-state index contributed by atoms with van der Waals surface area (Å²) in [7, 11) is -3.92. The van der Waals surface area contributed by atoms with Crippen molar-refractivity contribution in [3.63, 3.8) is 0 Å². The lowest BCUT2D eigenvalue weighted by Crippen LogP contribution is -2.34. The number of benzene rings is 4. The lowest BCUT2D eigenvalue weighted by molar-refractivity contribution is 0.0957. The number of hydrogen-bond acceptors (Lipinski definition) is 4. The maximum absolute atomic E-state index is 13.8. The summed E-state index contributed by atoms with van der Waals surface area (Å²) >= 11 is 1.74. The first-order chi connectivity index (χ1) is 17.9. The Morgan fingerprint density at radius 2 is 1.41 bits per heavy atom. The Labute approximate surface area is 223 Å². The average Bonchev–Trinajstić information content (AvgIpc) is 2.93. The Hall–Kier alpha value is -3.55. The van der Waals surface area contributed by atoms with Crippen molar-refractivity contribution in [3.05, 3.63) is 131 Å². The fourth-order valence-corrected chi connectivity index (χ4v) is 6.17. The molecular weight excluding hydrogens is 500 g/mol. The zero-order valence-electron chi connectivity index (χ0n) is 20.7. The lowest BCUT2D eigenvalue weighted by atomic mass is 10.1. The van der Waals surface area contributed by atoms with Crippen molar-refractivity contribution >= 4 is 33.4 Å². The van der Waals surface area contributed by atoms with E-state index in [1.807, 2.05) is 30.3 Å². The van der Waals surface area contributed by atoms with Gasteiger partial charge in [-0.25, -0.2) is 8.42 Å². The second-order valence-corrected chi connectivity index (χ2v) is 11.6. The van der Waals surface area contributed by atoms with Crippen LogP contribution < -0.4 is 9.62 Å². The molecule has 4 aromatic rings. The van der Waals surface area contributed by atoms with E-state index in [1.165, 1.54) is 15.4 Å². The Morgan fingerprint density at radius 3 is 2.11 bits per heavy atom. The lowest BCUT2D eigenvalue weighted by Gasteiger charge is -2.26. The summed E-state index contributed by atoms with van der Waals surface area (Å²) < 4.78 is 28.8. The molecular formula is C30H30N2O3S2. The molecule has 0 unspecified atom stereocenters. The molecule has 0 saturated carbocycles. The number of para-hydroxylation sites is 1. The monoisotopic (exact) mass is 530 g/mol. The minimum absolute atomic E-state index is 0.106. The zero-order chi connectivity index (χ0) is 26.1. The summed E-state index contributed by atoms with van der Waals surface area (Å²) in [6.07, 6.45) is 0. The number of amides is 1. The van der Waals surface area contributed by atoms with Gasteiger partial charge < -0.3 is 5.32 Å². The predicted molar refractivity (Wildman–Crippen MR) is 152 cm³/mol. The number of rotatable bonds is 11. The fraction of sp³-hybridized carbons (Fsp3) is 0.167. The number of nitrogens with one attached hydrogen (secondary N) is 1. The third-order valence-corrected chi connectivity index (χ3v) is 8.64. The molecule has 0 fully saturated rings. The number of carbonyl (C=O) groups is 1. The highest BCUT2D eigenvalue weighted by Crippen LogP contribution is 2.29. The molecule has 0 bridgehead atoms. The molecule has 0 heterocycles. The van der Waals surface area contributed by atoms with E-state index >= 15 is 0 Å². The molecule has 0 aromatic heterocycles. The zero-order valence-corrected chi connectivity index (χ0v) is 22.3. The van der Waals surface area contributed by atoms with Gasteiger partial charge in [0, 0.05) is 18.1 Å². The predicted octanol–water partition coefficient (Wildman–Crippen LogP) is 6.05. The van der Waals surface area contributed by atoms with Crippen LogP contribution in [0.1, 0.15) is 27.0 Å². The van der Waals surface area contributed by atoms with E-state index in [9.17, 15) is 13.2 Å². The molecule has 4 rings (SSSR count). The largest absolute Gasteiger partial charge is 0.351 e. The smallest absolute Gasteiger partial charge is 0.264 e. The van der Waals surface area contributed by atoms with E-state index in [1.54, 1.807) is 66.4 Å². The van der Waals surface area contributed by atoms with Crippen molar-refractivity contribution < 1.29 is 13.2 Å². The van der Waals surface area contributed by atoms with Gasteiger partial charge in [-0.05, 0) is 42.3 Å². The third-order valence-electron chi connectivity index (χ3n) is 5.84. The molecule has 7 heteroatoms. The highest BCUT2D eigenvalue weighted by Gasteiger charge is 2.28. The van der Waals surface area contributed by atoms with Gasteiger partial charge in [0.25, 0.3) is 15.9 Å². The maximum atomic E-state index is 13.8. The summed E-state index contributed by atoms with van der Waals surface area (Å²) in [4.78, 5) is 13.4. The van der Waals surface area contributed by atoms with Crippen LogP contribution in [0.3, 0.4) is 0 Å². The first-order valence-electron chi connectivity index (χ1n) is 12.1. The quantitative estimate of drug-likeness (QED) is 0.240. The van der Waals surface area contributed by atoms with E-state index in [4.69, 9.17) is 0 Å². The molecule has 0 atom stereocenters. The van der Waals surface area contributed by atoms with Crippen molar-refractivity contribution in [2.24, 2.45) is 0 Å². The van der Waals surface area contributed by atoms with Crippen molar-refractivity contribution in [1.82, 2.24) is 5.32 Å². The van der Waals surface area contributed by atoms with Gasteiger partial charge in [0.1, 0.15) is 0 Å². The minimum atomic E-state index is -3.92. The van der Waals surface area contributed by atoms with Gasteiger partial charge in [0.05, 0.1) is 22.7 Å². The number of aryl methyl sites for hydroxylation is 1. The van der Waals surface area contributed by atoms with Crippen LogP contribution in [0.5, 0.6) is 0 Å². The molecule has 1 N–H and O–H groups in total. The van der Waals surface area contributed by atoms with Crippen molar-refractivity contribution in [1.29, 1.82) is 0 Å². The highest BCUT2D eigenvalue weighted by atomic mass is 32.2. The molecule has 0 radical (unpaired) electrons. The fourth-order valence-electron chi connectivity index (χ4n) is 3.86. The molecule has 0 spiro atoms. The SMILES string of the molecule is Cc1ccc(CSCCNC(=O)c2ccccc2N(Cc2ccccc2)S(=O)(=O)c2ccccc2)cc1. The van der Waals surface area contributed by atoms with Crippen LogP contribution in [0, 0.1) is 6.92 Å². The van der Waals surface area contributed by atoms with Crippen molar-refractivity contribution in [2.75, 3.05) is 16.6 Å². The molecule has 0 aliphatic heterocycles. The van der Waals surface area contributed by atoms with Gasteiger partial charge in [-0.3, -0.25) is 9.10 Å². The molecule has 4 aromatic carbocycles.